The number of thioether (sulfide) groups is 2. The van der Waals surface area contributed by atoms with Gasteiger partial charge in [-0.2, -0.15) is 0 Å². The van der Waals surface area contributed by atoms with Crippen molar-refractivity contribution in [3.05, 3.63) is 11.1 Å². The fourth-order valence-electron chi connectivity index (χ4n) is 4.97. The number of tetrazole rings is 1. The van der Waals surface area contributed by atoms with E-state index >= 15 is 0 Å². The van der Waals surface area contributed by atoms with Crippen molar-refractivity contribution in [2.24, 2.45) is 10.6 Å². The smallest absolute Gasteiger partial charge is 0.313 e. The predicted molar refractivity (Wildman–Crippen MR) is 157 cm³/mol. The first-order chi connectivity index (χ1) is 20.2. The van der Waals surface area contributed by atoms with E-state index in [9.17, 15) is 19.5 Å². The van der Waals surface area contributed by atoms with Gasteiger partial charge in [-0.1, -0.05) is 16.9 Å². The second kappa shape index (κ2) is 13.1. The molecule has 3 aliphatic heterocycles. The van der Waals surface area contributed by atoms with Gasteiger partial charge in [-0.15, -0.1) is 28.2 Å². The van der Waals surface area contributed by atoms with E-state index in [2.05, 4.69) is 47.8 Å². The molecule has 2 aromatic heterocycles. The number of carbonyl (C=O) groups excluding carboxylic acids is 2. The average molecular weight is 640 g/mol. The summed E-state index contributed by atoms with van der Waals surface area (Å²) in [6, 6.07) is -0.826. The number of fused-ring (bicyclic) bond motifs is 1. The third-order valence-electron chi connectivity index (χ3n) is 7.46. The van der Waals surface area contributed by atoms with Crippen molar-refractivity contribution in [3.8, 4) is 0 Å². The normalized spacial score (nSPS) is 25.1. The minimum atomic E-state index is -1.20. The van der Waals surface area contributed by atoms with Crippen molar-refractivity contribution < 1.29 is 24.3 Å². The van der Waals surface area contributed by atoms with E-state index in [1.54, 1.807) is 10.1 Å². The molecule has 3 atom stereocenters. The maximum absolute atomic E-state index is 13.1. The number of rotatable bonds is 12. The maximum Gasteiger partial charge on any atom is 0.313 e. The molecule has 228 valence electrons. The lowest BCUT2D eigenvalue weighted by Gasteiger charge is -2.53. The van der Waals surface area contributed by atoms with E-state index in [4.69, 9.17) is 10.6 Å². The van der Waals surface area contributed by atoms with E-state index in [1.807, 2.05) is 0 Å². The molecule has 16 nitrogen and oxygen atoms in total. The number of carboxylic acids is 1. The number of piperazine rings is 1. The molecule has 2 aromatic rings. The van der Waals surface area contributed by atoms with Gasteiger partial charge < -0.3 is 35.7 Å². The van der Waals surface area contributed by atoms with Crippen LogP contribution in [0.2, 0.25) is 0 Å². The third-order valence-corrected chi connectivity index (χ3v) is 11.0. The van der Waals surface area contributed by atoms with Crippen LogP contribution in [0.15, 0.2) is 15.7 Å². The molecule has 3 aliphatic rings. The number of aliphatic carboxylic acids is 1. The molecule has 2 amide bonds. The molecular formula is C23H33N11O5S3. The molecule has 5 heterocycles. The van der Waals surface area contributed by atoms with Gasteiger partial charge in [0.1, 0.15) is 29.6 Å². The number of amides is 2. The molecule has 0 aliphatic carbocycles. The average Bonchev–Trinajstić information content (AvgIpc) is 3.62. The molecular weight excluding hydrogens is 607 g/mol. The first-order valence-corrected chi connectivity index (χ1v) is 16.2. The number of carboxylic acid groups (broad SMARTS) is 1. The lowest BCUT2D eigenvalue weighted by molar-refractivity contribution is -0.157. The quantitative estimate of drug-likeness (QED) is 0.110. The molecule has 42 heavy (non-hydrogen) atoms. The Balaban J connectivity index is 1.16. The number of aromatic nitrogens is 5. The molecule has 2 unspecified atom stereocenters. The number of hydrogen-bond donors (Lipinski definition) is 3. The molecule has 3 fully saturated rings. The fourth-order valence-corrected chi connectivity index (χ4v) is 8.28. The number of nitrogen functional groups attached to an aromatic ring is 1. The topological polar surface area (TPSA) is 197 Å². The van der Waals surface area contributed by atoms with E-state index in [0.29, 0.717) is 11.7 Å². The highest BCUT2D eigenvalue weighted by Gasteiger charge is 2.57. The minimum Gasteiger partial charge on any atom is -0.481 e. The van der Waals surface area contributed by atoms with Crippen LogP contribution in [0.3, 0.4) is 0 Å². The number of oxime groups is 1. The summed E-state index contributed by atoms with van der Waals surface area (Å²) in [5.74, 6) is -1.54. The zero-order chi connectivity index (χ0) is 29.9. The van der Waals surface area contributed by atoms with E-state index in [-0.39, 0.29) is 40.5 Å². The van der Waals surface area contributed by atoms with Gasteiger partial charge in [0, 0.05) is 62.7 Å². The Bertz CT molecular complexity index is 1330. The van der Waals surface area contributed by atoms with Crippen LogP contribution in [-0.4, -0.2) is 145 Å². The van der Waals surface area contributed by atoms with Crippen LogP contribution < -0.4 is 11.1 Å². The SMILES string of the molecule is CON=C(C(=O)NC1C(=O)N2CC(CSc3nnnn3CCCN3CCN(C)CC3)(C(=O)O)CS[C@H]12)c1csc(N)n1. The van der Waals surface area contributed by atoms with Crippen molar-refractivity contribution in [3.63, 3.8) is 0 Å². The van der Waals surface area contributed by atoms with Gasteiger partial charge in [0.05, 0.1) is 0 Å². The second-order valence-corrected chi connectivity index (χ2v) is 13.3. The Hall–Kier alpha value is -3.00. The standard InChI is InChI=1S/C23H33N11O5S3/c1-31-6-8-32(9-7-31)4-3-5-34-22(27-29-30-34)42-13-23(20(37)38)11-33-18(36)16(19(33)41-12-23)26-17(35)15(28-39-2)14-10-40-21(24)25-14/h10,16,19H,3-9,11-13H2,1-2H3,(H2,24,25)(H,26,35)(H,37,38)/t16?,19-,23?/m1/s1. The number of nitrogens with two attached hydrogens (primary N) is 1. The first kappa shape index (κ1) is 30.5. The molecule has 0 radical (unpaired) electrons. The molecule has 0 saturated carbocycles. The van der Waals surface area contributed by atoms with E-state index in [1.165, 1.54) is 35.5 Å². The summed E-state index contributed by atoms with van der Waals surface area (Å²) in [7, 11) is 3.43. The van der Waals surface area contributed by atoms with Gasteiger partial charge in [-0.25, -0.2) is 9.67 Å². The summed E-state index contributed by atoms with van der Waals surface area (Å²) in [6.07, 6.45) is 0.881. The van der Waals surface area contributed by atoms with E-state index in [0.717, 1.165) is 50.5 Å². The number of anilines is 1. The van der Waals surface area contributed by atoms with Gasteiger partial charge in [0.15, 0.2) is 10.8 Å². The van der Waals surface area contributed by atoms with Crippen LogP contribution in [0, 0.1) is 5.41 Å². The number of carbonyl (C=O) groups is 3. The van der Waals surface area contributed by atoms with Crippen LogP contribution in [0.25, 0.3) is 0 Å². The highest BCUT2D eigenvalue weighted by molar-refractivity contribution is 8.00. The van der Waals surface area contributed by atoms with Gasteiger partial charge in [0.25, 0.3) is 5.91 Å². The molecule has 0 bridgehead atoms. The van der Waals surface area contributed by atoms with Crippen LogP contribution in [0.4, 0.5) is 5.13 Å². The number of nitrogens with one attached hydrogen (secondary N) is 1. The number of nitrogens with zero attached hydrogens (tertiary/aromatic N) is 9. The van der Waals surface area contributed by atoms with E-state index < -0.39 is 28.7 Å². The highest BCUT2D eigenvalue weighted by atomic mass is 32.2. The largest absolute Gasteiger partial charge is 0.481 e. The number of aryl methyl sites for hydroxylation is 1. The molecule has 5 rings (SSSR count). The van der Waals surface area contributed by atoms with Gasteiger partial charge in [-0.05, 0) is 23.9 Å². The van der Waals surface area contributed by atoms with Gasteiger partial charge in [-0.3, -0.25) is 14.4 Å². The summed E-state index contributed by atoms with van der Waals surface area (Å²) in [4.78, 5) is 53.6. The Morgan fingerprint density at radius 3 is 2.79 bits per heavy atom. The van der Waals surface area contributed by atoms with Crippen LogP contribution in [0.5, 0.6) is 0 Å². The number of hydrogen-bond acceptors (Lipinski definition) is 15. The summed E-state index contributed by atoms with van der Waals surface area (Å²) >= 11 is 3.75. The monoisotopic (exact) mass is 639 g/mol. The minimum absolute atomic E-state index is 0.0187. The van der Waals surface area contributed by atoms with Gasteiger partial charge in [0.2, 0.25) is 11.1 Å². The number of β-lactam (4-membered cyclic amide) rings is 1. The summed E-state index contributed by atoms with van der Waals surface area (Å²) < 4.78 is 1.71. The van der Waals surface area contributed by atoms with Crippen molar-refractivity contribution in [2.45, 2.75) is 29.5 Å². The van der Waals surface area contributed by atoms with Crippen molar-refractivity contribution in [1.29, 1.82) is 0 Å². The maximum atomic E-state index is 13.1. The fraction of sp³-hybridized carbons (Fsp3) is 0.652. The Kier molecular flexibility index (Phi) is 9.50. The van der Waals surface area contributed by atoms with Gasteiger partial charge >= 0.3 is 5.97 Å². The summed E-state index contributed by atoms with van der Waals surface area (Å²) in [5, 5.41) is 30.7. The lowest BCUT2D eigenvalue weighted by Crippen LogP contribution is -2.74. The summed E-state index contributed by atoms with van der Waals surface area (Å²) in [5.41, 5.74) is 4.61. The lowest BCUT2D eigenvalue weighted by atomic mass is 9.89. The highest BCUT2D eigenvalue weighted by Crippen LogP contribution is 2.44. The number of thiazole rings is 1. The molecule has 0 aromatic carbocycles. The molecule has 19 heteroatoms. The zero-order valence-corrected chi connectivity index (χ0v) is 25.7. The van der Waals surface area contributed by atoms with Crippen LogP contribution >= 0.6 is 34.9 Å². The predicted octanol–water partition coefficient (Wildman–Crippen LogP) is -1.04. The zero-order valence-electron chi connectivity index (χ0n) is 23.2. The second-order valence-electron chi connectivity index (χ2n) is 10.4. The first-order valence-electron chi connectivity index (χ1n) is 13.3. The third kappa shape index (κ3) is 6.48. The molecule has 0 spiro atoms. The molecule has 4 N–H and O–H groups in total. The van der Waals surface area contributed by atoms with Crippen molar-refractivity contribution in [1.82, 2.24) is 45.2 Å². The molecule has 3 saturated heterocycles. The summed E-state index contributed by atoms with van der Waals surface area (Å²) in [6.45, 7) is 5.78. The Labute approximate surface area is 254 Å². The van der Waals surface area contributed by atoms with Crippen molar-refractivity contribution in [2.75, 3.05) is 70.7 Å². The Morgan fingerprint density at radius 2 is 2.10 bits per heavy atom. The Morgan fingerprint density at radius 1 is 1.31 bits per heavy atom. The van der Waals surface area contributed by atoms with Crippen LogP contribution in [0.1, 0.15) is 12.1 Å². The number of likely N-dealkylation sites (N-methyl/N-ethyl adjacent to an activating group) is 1. The van der Waals surface area contributed by atoms with Crippen molar-refractivity contribution >= 4 is 63.5 Å². The van der Waals surface area contributed by atoms with Crippen LogP contribution in [-0.2, 0) is 25.8 Å².